The Kier molecular flexibility index (Phi) is 6.87. The largest absolute Gasteiger partial charge is 0.483 e. The molecular weight excluding hydrogens is 310 g/mol. The summed E-state index contributed by atoms with van der Waals surface area (Å²) in [5.41, 5.74) is 1.12. The maximum absolute atomic E-state index is 11.5. The summed E-state index contributed by atoms with van der Waals surface area (Å²) < 4.78 is 6.25. The van der Waals surface area contributed by atoms with Gasteiger partial charge in [0.25, 0.3) is 5.91 Å². The minimum absolute atomic E-state index is 0.0239. The second-order valence-corrected chi connectivity index (χ2v) is 5.28. The Balaban J connectivity index is 2.30. The second kappa shape index (κ2) is 8.17. The molecule has 0 aliphatic rings. The summed E-state index contributed by atoms with van der Waals surface area (Å²) in [5.74, 6) is 0.463. The first-order valence-corrected chi connectivity index (χ1v) is 7.16. The molecule has 0 aliphatic carbocycles. The van der Waals surface area contributed by atoms with Crippen LogP contribution in [0.1, 0.15) is 25.3 Å². The zero-order valence-corrected chi connectivity index (χ0v) is 12.9. The van der Waals surface area contributed by atoms with Gasteiger partial charge in [0.05, 0.1) is 10.6 Å². The summed E-state index contributed by atoms with van der Waals surface area (Å²) in [6, 6.07) is 5.69. The molecular formula is C14H20BrNO3. The van der Waals surface area contributed by atoms with Gasteiger partial charge in [-0.2, -0.15) is 0 Å². The Morgan fingerprint density at radius 2 is 2.26 bits per heavy atom. The summed E-state index contributed by atoms with van der Waals surface area (Å²) >= 11 is 3.39. The number of ether oxygens (including phenoxy) is 1. The minimum atomic E-state index is -0.354. The lowest BCUT2D eigenvalue weighted by molar-refractivity contribution is -0.123. The molecule has 106 valence electrons. The van der Waals surface area contributed by atoms with Crippen LogP contribution in [0.5, 0.6) is 5.75 Å². The summed E-state index contributed by atoms with van der Waals surface area (Å²) in [7, 11) is 0. The fourth-order valence-corrected chi connectivity index (χ4v) is 2.11. The number of hydrogen-bond donors (Lipinski definition) is 2. The number of carbonyl (C=O) groups is 1. The van der Waals surface area contributed by atoms with Gasteiger partial charge in [-0.25, -0.2) is 0 Å². The lowest BCUT2D eigenvalue weighted by atomic mass is 10.2. The number of halogens is 1. The van der Waals surface area contributed by atoms with E-state index in [1.165, 1.54) is 0 Å². The van der Waals surface area contributed by atoms with Crippen molar-refractivity contribution in [2.75, 3.05) is 13.2 Å². The highest BCUT2D eigenvalue weighted by Gasteiger charge is 2.06. The van der Waals surface area contributed by atoms with Crippen LogP contribution in [0.25, 0.3) is 0 Å². The molecule has 0 spiro atoms. The number of aliphatic hydroxyl groups excluding tert-OH is 1. The van der Waals surface area contributed by atoms with Crippen molar-refractivity contribution < 1.29 is 14.6 Å². The van der Waals surface area contributed by atoms with E-state index in [-0.39, 0.29) is 18.6 Å². The van der Waals surface area contributed by atoms with Gasteiger partial charge in [-0.05, 0) is 53.4 Å². The molecule has 1 amide bonds. The molecule has 0 heterocycles. The molecule has 0 saturated carbocycles. The van der Waals surface area contributed by atoms with Crippen LogP contribution < -0.4 is 10.1 Å². The summed E-state index contributed by atoms with van der Waals surface area (Å²) in [6.07, 6.45) is 0.909. The van der Waals surface area contributed by atoms with E-state index < -0.39 is 0 Å². The molecule has 19 heavy (non-hydrogen) atoms. The van der Waals surface area contributed by atoms with Gasteiger partial charge in [0.1, 0.15) is 5.75 Å². The fraction of sp³-hybridized carbons (Fsp3) is 0.500. The van der Waals surface area contributed by atoms with E-state index in [2.05, 4.69) is 21.2 Å². The monoisotopic (exact) mass is 329 g/mol. The normalized spacial score (nSPS) is 12.0. The first-order valence-electron chi connectivity index (χ1n) is 6.36. The Bertz CT molecular complexity index is 423. The topological polar surface area (TPSA) is 58.6 Å². The van der Waals surface area contributed by atoms with Crippen molar-refractivity contribution in [3.63, 3.8) is 0 Å². The van der Waals surface area contributed by atoms with Gasteiger partial charge in [0.15, 0.2) is 6.61 Å². The maximum atomic E-state index is 11.5. The Morgan fingerprint density at radius 1 is 1.53 bits per heavy atom. The SMILES string of the molecule is CCC(O)CCNC(=O)COc1ccc(C)cc1Br. The van der Waals surface area contributed by atoms with Gasteiger partial charge in [0.2, 0.25) is 0 Å². The molecule has 1 rings (SSSR count). The molecule has 0 saturated heterocycles. The van der Waals surface area contributed by atoms with Crippen LogP contribution in [-0.4, -0.2) is 30.3 Å². The molecule has 2 N–H and O–H groups in total. The van der Waals surface area contributed by atoms with Crippen LogP contribution in [0, 0.1) is 6.92 Å². The highest BCUT2D eigenvalue weighted by Crippen LogP contribution is 2.25. The van der Waals surface area contributed by atoms with Gasteiger partial charge in [-0.1, -0.05) is 13.0 Å². The van der Waals surface area contributed by atoms with Crippen molar-refractivity contribution >= 4 is 21.8 Å². The first kappa shape index (κ1) is 16.0. The Hall–Kier alpha value is -1.07. The number of rotatable bonds is 7. The van der Waals surface area contributed by atoms with Crippen LogP contribution in [0.15, 0.2) is 22.7 Å². The molecule has 0 bridgehead atoms. The summed E-state index contributed by atoms with van der Waals surface area (Å²) in [6.45, 7) is 4.33. The molecule has 1 atom stereocenters. The summed E-state index contributed by atoms with van der Waals surface area (Å²) in [5, 5.41) is 12.1. The van der Waals surface area contributed by atoms with Crippen molar-refractivity contribution in [1.29, 1.82) is 0 Å². The average Bonchev–Trinajstić information content (AvgIpc) is 2.37. The minimum Gasteiger partial charge on any atom is -0.483 e. The number of aliphatic hydroxyl groups is 1. The molecule has 1 unspecified atom stereocenters. The van der Waals surface area contributed by atoms with Crippen molar-refractivity contribution in [3.05, 3.63) is 28.2 Å². The average molecular weight is 330 g/mol. The number of aryl methyl sites for hydroxylation is 1. The third-order valence-electron chi connectivity index (χ3n) is 2.72. The van der Waals surface area contributed by atoms with Gasteiger partial charge >= 0.3 is 0 Å². The lowest BCUT2D eigenvalue weighted by Crippen LogP contribution is -2.31. The fourth-order valence-electron chi connectivity index (χ4n) is 1.50. The number of nitrogens with one attached hydrogen (secondary N) is 1. The third-order valence-corrected chi connectivity index (χ3v) is 3.34. The van der Waals surface area contributed by atoms with Crippen LogP contribution in [-0.2, 0) is 4.79 Å². The van der Waals surface area contributed by atoms with E-state index in [0.717, 1.165) is 10.0 Å². The highest BCUT2D eigenvalue weighted by atomic mass is 79.9. The molecule has 1 aromatic carbocycles. The number of carbonyl (C=O) groups excluding carboxylic acids is 1. The van der Waals surface area contributed by atoms with E-state index >= 15 is 0 Å². The standard InChI is InChI=1S/C14H20BrNO3/c1-3-11(17)6-7-16-14(18)9-19-13-5-4-10(2)8-12(13)15/h4-5,8,11,17H,3,6-7,9H2,1-2H3,(H,16,18). The molecule has 0 radical (unpaired) electrons. The summed E-state index contributed by atoms with van der Waals surface area (Å²) in [4.78, 5) is 11.5. The Morgan fingerprint density at radius 3 is 2.89 bits per heavy atom. The van der Waals surface area contributed by atoms with E-state index in [1.807, 2.05) is 32.0 Å². The maximum Gasteiger partial charge on any atom is 0.257 e. The van der Waals surface area contributed by atoms with Crippen LogP contribution >= 0.6 is 15.9 Å². The van der Waals surface area contributed by atoms with E-state index in [9.17, 15) is 9.90 Å². The lowest BCUT2D eigenvalue weighted by Gasteiger charge is -2.10. The zero-order valence-electron chi connectivity index (χ0n) is 11.3. The second-order valence-electron chi connectivity index (χ2n) is 4.42. The van der Waals surface area contributed by atoms with Crippen molar-refractivity contribution in [2.24, 2.45) is 0 Å². The number of benzene rings is 1. The smallest absolute Gasteiger partial charge is 0.257 e. The van der Waals surface area contributed by atoms with Crippen molar-refractivity contribution in [1.82, 2.24) is 5.32 Å². The van der Waals surface area contributed by atoms with E-state index in [4.69, 9.17) is 4.74 Å². The van der Waals surface area contributed by atoms with Crippen molar-refractivity contribution in [3.8, 4) is 5.75 Å². The highest BCUT2D eigenvalue weighted by molar-refractivity contribution is 9.10. The van der Waals surface area contributed by atoms with E-state index in [1.54, 1.807) is 0 Å². The van der Waals surface area contributed by atoms with Gasteiger partial charge in [0, 0.05) is 6.54 Å². The molecule has 0 aliphatic heterocycles. The molecule has 0 aromatic heterocycles. The molecule has 4 nitrogen and oxygen atoms in total. The van der Waals surface area contributed by atoms with Gasteiger partial charge in [-0.15, -0.1) is 0 Å². The molecule has 0 fully saturated rings. The third kappa shape index (κ3) is 6.07. The zero-order chi connectivity index (χ0) is 14.3. The molecule has 5 heteroatoms. The first-order chi connectivity index (χ1) is 9.02. The van der Waals surface area contributed by atoms with Gasteiger partial charge < -0.3 is 15.2 Å². The van der Waals surface area contributed by atoms with Crippen LogP contribution in [0.2, 0.25) is 0 Å². The number of amides is 1. The predicted molar refractivity (Wildman–Crippen MR) is 78.3 cm³/mol. The quantitative estimate of drug-likeness (QED) is 0.807. The van der Waals surface area contributed by atoms with Crippen molar-refractivity contribution in [2.45, 2.75) is 32.8 Å². The predicted octanol–water partition coefficient (Wildman–Crippen LogP) is 2.41. The Labute approximate surface area is 122 Å². The van der Waals surface area contributed by atoms with Crippen LogP contribution in [0.4, 0.5) is 0 Å². The van der Waals surface area contributed by atoms with E-state index in [0.29, 0.717) is 25.1 Å². The van der Waals surface area contributed by atoms with Gasteiger partial charge in [-0.3, -0.25) is 4.79 Å². The van der Waals surface area contributed by atoms with Crippen LogP contribution in [0.3, 0.4) is 0 Å². The molecule has 1 aromatic rings. The number of hydrogen-bond acceptors (Lipinski definition) is 3.